The van der Waals surface area contributed by atoms with Crippen LogP contribution in [0.1, 0.15) is 96.6 Å². The molecule has 0 atom stereocenters. The van der Waals surface area contributed by atoms with E-state index >= 15 is 0 Å². The van der Waals surface area contributed by atoms with E-state index in [2.05, 4.69) is 40.5 Å². The molecule has 1 rings (SSSR count). The van der Waals surface area contributed by atoms with Crippen LogP contribution < -0.4 is 10.6 Å². The van der Waals surface area contributed by atoms with Gasteiger partial charge in [-0.05, 0) is 12.8 Å². The quantitative estimate of drug-likeness (QED) is 0.349. The fraction of sp³-hybridized carbons (Fsp3) is 0.810. The third kappa shape index (κ3) is 11.0. The van der Waals surface area contributed by atoms with E-state index in [0.29, 0.717) is 5.95 Å². The Morgan fingerprint density at radius 2 is 1.36 bits per heavy atom. The van der Waals surface area contributed by atoms with E-state index in [1.54, 1.807) is 0 Å². The van der Waals surface area contributed by atoms with Crippen LogP contribution in [0.2, 0.25) is 0 Å². The molecule has 0 amide bonds. The van der Waals surface area contributed by atoms with Crippen LogP contribution in [-0.2, 0) is 6.42 Å². The van der Waals surface area contributed by atoms with Crippen molar-refractivity contribution in [1.82, 2.24) is 9.97 Å². The second kappa shape index (κ2) is 15.0. The predicted octanol–water partition coefficient (Wildman–Crippen LogP) is 6.19. The molecule has 2 N–H and O–H groups in total. The number of nitrogens with one attached hydrogen (secondary N) is 2. The first-order valence-electron chi connectivity index (χ1n) is 10.6. The summed E-state index contributed by atoms with van der Waals surface area (Å²) in [4.78, 5) is 8.98. The molecule has 0 saturated carbocycles. The van der Waals surface area contributed by atoms with Crippen LogP contribution in [-0.4, -0.2) is 23.6 Å². The number of hydrogen-bond acceptors (Lipinski definition) is 4. The lowest BCUT2D eigenvalue weighted by molar-refractivity contribution is 0.552. The molecule has 4 nitrogen and oxygen atoms in total. The van der Waals surface area contributed by atoms with E-state index in [0.717, 1.165) is 30.9 Å². The van der Waals surface area contributed by atoms with Crippen molar-refractivity contribution in [2.24, 2.45) is 0 Å². The van der Waals surface area contributed by atoms with Crippen molar-refractivity contribution in [3.63, 3.8) is 0 Å². The third-order valence-electron chi connectivity index (χ3n) is 4.60. The maximum Gasteiger partial charge on any atom is 0.224 e. The highest BCUT2D eigenvalue weighted by atomic mass is 15.1. The standard InChI is InChI=1S/C21H40N4/c1-4-6-7-8-9-10-11-12-13-14-15-17-23-20-18-19(16-5-2)24-21(22-3)25-20/h18H,4-17H2,1-3H3,(H2,22,23,24,25). The highest BCUT2D eigenvalue weighted by Gasteiger charge is 2.02. The Labute approximate surface area is 155 Å². The molecule has 0 aliphatic heterocycles. The summed E-state index contributed by atoms with van der Waals surface area (Å²) in [6.45, 7) is 5.46. The first-order valence-corrected chi connectivity index (χ1v) is 10.6. The summed E-state index contributed by atoms with van der Waals surface area (Å²) >= 11 is 0. The van der Waals surface area contributed by atoms with Crippen LogP contribution in [0.4, 0.5) is 11.8 Å². The molecule has 4 heteroatoms. The average molecular weight is 349 g/mol. The molecule has 0 saturated heterocycles. The molecule has 0 radical (unpaired) electrons. The lowest BCUT2D eigenvalue weighted by atomic mass is 10.1. The van der Waals surface area contributed by atoms with Gasteiger partial charge in [-0.3, -0.25) is 0 Å². The predicted molar refractivity (Wildman–Crippen MR) is 111 cm³/mol. The Morgan fingerprint density at radius 1 is 0.760 bits per heavy atom. The minimum atomic E-state index is 0.715. The molecule has 1 aromatic rings. The fourth-order valence-corrected chi connectivity index (χ4v) is 3.09. The molecule has 0 aromatic carbocycles. The molecule has 1 heterocycles. The van der Waals surface area contributed by atoms with Gasteiger partial charge in [-0.15, -0.1) is 0 Å². The number of unbranched alkanes of at least 4 members (excludes halogenated alkanes) is 10. The maximum atomic E-state index is 4.49. The molecule has 144 valence electrons. The summed E-state index contributed by atoms with van der Waals surface area (Å²) < 4.78 is 0. The van der Waals surface area contributed by atoms with E-state index in [1.165, 1.54) is 70.6 Å². The van der Waals surface area contributed by atoms with Gasteiger partial charge >= 0.3 is 0 Å². The number of aromatic nitrogens is 2. The molecule has 0 aliphatic carbocycles. The van der Waals surface area contributed by atoms with Crippen LogP contribution in [0.15, 0.2) is 6.07 Å². The Morgan fingerprint density at radius 3 is 1.92 bits per heavy atom. The molecule has 0 bridgehead atoms. The summed E-state index contributed by atoms with van der Waals surface area (Å²) in [5.74, 6) is 1.67. The van der Waals surface area contributed by atoms with Gasteiger partial charge in [-0.2, -0.15) is 4.98 Å². The summed E-state index contributed by atoms with van der Waals surface area (Å²) in [5, 5.41) is 6.51. The number of hydrogen-bond donors (Lipinski definition) is 2. The van der Waals surface area contributed by atoms with Crippen molar-refractivity contribution in [2.45, 2.75) is 97.3 Å². The molecule has 1 aromatic heterocycles. The third-order valence-corrected chi connectivity index (χ3v) is 4.60. The van der Waals surface area contributed by atoms with Crippen molar-refractivity contribution in [3.05, 3.63) is 11.8 Å². The Balaban J connectivity index is 2.05. The van der Waals surface area contributed by atoms with Crippen molar-refractivity contribution in [3.8, 4) is 0 Å². The van der Waals surface area contributed by atoms with Gasteiger partial charge in [-0.1, -0.05) is 84.5 Å². The van der Waals surface area contributed by atoms with Crippen LogP contribution in [0.25, 0.3) is 0 Å². The minimum Gasteiger partial charge on any atom is -0.370 e. The van der Waals surface area contributed by atoms with E-state index in [4.69, 9.17) is 0 Å². The monoisotopic (exact) mass is 348 g/mol. The van der Waals surface area contributed by atoms with Gasteiger partial charge in [0.05, 0.1) is 0 Å². The topological polar surface area (TPSA) is 49.8 Å². The first-order chi connectivity index (χ1) is 12.3. The van der Waals surface area contributed by atoms with Gasteiger partial charge in [0.25, 0.3) is 0 Å². The van der Waals surface area contributed by atoms with E-state index in [-0.39, 0.29) is 0 Å². The molecule has 0 aliphatic rings. The fourth-order valence-electron chi connectivity index (χ4n) is 3.09. The van der Waals surface area contributed by atoms with Gasteiger partial charge < -0.3 is 10.6 Å². The summed E-state index contributed by atoms with van der Waals surface area (Å²) in [6.07, 6.45) is 17.3. The Hall–Kier alpha value is -1.32. The van der Waals surface area contributed by atoms with Gasteiger partial charge in [0.15, 0.2) is 0 Å². The van der Waals surface area contributed by atoms with Crippen molar-refractivity contribution in [1.29, 1.82) is 0 Å². The molecule has 0 unspecified atom stereocenters. The average Bonchev–Trinajstić information content (AvgIpc) is 2.62. The number of aryl methyl sites for hydroxylation is 1. The number of rotatable bonds is 16. The van der Waals surface area contributed by atoms with Crippen molar-refractivity contribution in [2.75, 3.05) is 24.2 Å². The molecule has 0 fully saturated rings. The number of nitrogens with zero attached hydrogens (tertiary/aromatic N) is 2. The summed E-state index contributed by atoms with van der Waals surface area (Å²) in [6, 6.07) is 2.09. The van der Waals surface area contributed by atoms with Crippen molar-refractivity contribution >= 4 is 11.8 Å². The largest absolute Gasteiger partial charge is 0.370 e. The highest BCUT2D eigenvalue weighted by Crippen LogP contribution is 2.13. The summed E-state index contributed by atoms with van der Waals surface area (Å²) in [5.41, 5.74) is 1.11. The summed E-state index contributed by atoms with van der Waals surface area (Å²) in [7, 11) is 1.87. The van der Waals surface area contributed by atoms with Crippen LogP contribution in [0.3, 0.4) is 0 Å². The highest BCUT2D eigenvalue weighted by molar-refractivity contribution is 5.42. The van der Waals surface area contributed by atoms with E-state index in [9.17, 15) is 0 Å². The molecular formula is C21H40N4. The van der Waals surface area contributed by atoms with Crippen LogP contribution >= 0.6 is 0 Å². The van der Waals surface area contributed by atoms with E-state index in [1.807, 2.05) is 7.05 Å². The van der Waals surface area contributed by atoms with Crippen molar-refractivity contribution < 1.29 is 0 Å². The normalized spacial score (nSPS) is 10.8. The van der Waals surface area contributed by atoms with Gasteiger partial charge in [-0.25, -0.2) is 4.98 Å². The molecule has 0 spiro atoms. The van der Waals surface area contributed by atoms with Crippen LogP contribution in [0, 0.1) is 0 Å². The lowest BCUT2D eigenvalue weighted by Gasteiger charge is -2.09. The Bertz CT molecular complexity index is 434. The molecule has 25 heavy (non-hydrogen) atoms. The zero-order chi connectivity index (χ0) is 18.2. The van der Waals surface area contributed by atoms with Crippen LogP contribution in [0.5, 0.6) is 0 Å². The zero-order valence-corrected chi connectivity index (χ0v) is 16.9. The zero-order valence-electron chi connectivity index (χ0n) is 16.9. The van der Waals surface area contributed by atoms with Gasteiger partial charge in [0.1, 0.15) is 5.82 Å². The lowest BCUT2D eigenvalue weighted by Crippen LogP contribution is -2.07. The second-order valence-electron chi connectivity index (χ2n) is 7.03. The smallest absolute Gasteiger partial charge is 0.224 e. The number of anilines is 2. The maximum absolute atomic E-state index is 4.49. The molecular weight excluding hydrogens is 308 g/mol. The van der Waals surface area contributed by atoms with Gasteiger partial charge in [0.2, 0.25) is 5.95 Å². The minimum absolute atomic E-state index is 0.715. The van der Waals surface area contributed by atoms with E-state index < -0.39 is 0 Å². The second-order valence-corrected chi connectivity index (χ2v) is 7.03. The van der Waals surface area contributed by atoms with Gasteiger partial charge in [0, 0.05) is 25.4 Å². The first kappa shape index (κ1) is 21.7. The SMILES string of the molecule is CCCCCCCCCCCCCNc1cc(CCC)nc(NC)n1. The Kier molecular flexibility index (Phi) is 13.0.